The number of aliphatic carboxylic acids is 6. The predicted octanol–water partition coefficient (Wildman–Crippen LogP) is -0.825. The molecule has 38 heavy (non-hydrogen) atoms. The Morgan fingerprint density at radius 1 is 0.763 bits per heavy atom. The number of hydrogen-bond donors (Lipinski definition) is 9. The van der Waals surface area contributed by atoms with Crippen molar-refractivity contribution in [3.05, 3.63) is 42.2 Å². The molecule has 0 fully saturated rings. The molecule has 0 spiro atoms. The van der Waals surface area contributed by atoms with Crippen molar-refractivity contribution >= 4 is 35.8 Å². The van der Waals surface area contributed by atoms with Gasteiger partial charge in [0.15, 0.2) is 11.2 Å². The van der Waals surface area contributed by atoms with Gasteiger partial charge in [0.05, 0.1) is 25.7 Å². The predicted molar refractivity (Wildman–Crippen MR) is 123 cm³/mol. The van der Waals surface area contributed by atoms with Gasteiger partial charge in [-0.3, -0.25) is 24.2 Å². The van der Waals surface area contributed by atoms with E-state index in [1.54, 1.807) is 0 Å². The summed E-state index contributed by atoms with van der Waals surface area (Å²) in [6, 6.07) is 4.56. The molecule has 0 saturated heterocycles. The van der Waals surface area contributed by atoms with Gasteiger partial charge < -0.3 is 46.2 Å². The van der Waals surface area contributed by atoms with Crippen LogP contribution in [0.15, 0.2) is 36.7 Å². The fraction of sp³-hybridized carbons (Fsp3) is 0.409. The summed E-state index contributed by atoms with van der Waals surface area (Å²) >= 11 is 0. The molecule has 2 rings (SSSR count). The van der Waals surface area contributed by atoms with Crippen LogP contribution in [-0.2, 0) is 28.8 Å². The molecule has 1 aromatic rings. The maximum absolute atomic E-state index is 10.3. The summed E-state index contributed by atoms with van der Waals surface area (Å²) in [6.07, 6.45) is 4.61. The van der Waals surface area contributed by atoms with Crippen molar-refractivity contribution in [1.29, 1.82) is 0 Å². The van der Waals surface area contributed by atoms with E-state index in [-0.39, 0.29) is 0 Å². The SMILES string of the molecule is C1=CC[C@@H](c2cccnc2)NC1.O=C(O)CC(O)(CC(=O)O)C(=O)O.O=C(O)CC(O)(CC(=O)O)C(=O)O. The first kappa shape index (κ1) is 33.6. The maximum Gasteiger partial charge on any atom is 0.336 e. The van der Waals surface area contributed by atoms with Gasteiger partial charge in [-0.15, -0.1) is 0 Å². The van der Waals surface area contributed by atoms with Crippen LogP contribution in [0, 0.1) is 0 Å². The Balaban J connectivity index is 0.000000540. The minimum atomic E-state index is -2.74. The molecule has 0 amide bonds. The quantitative estimate of drug-likeness (QED) is 0.154. The Hall–Kier alpha value is -4.41. The molecule has 1 aromatic heterocycles. The second kappa shape index (κ2) is 15.6. The first-order valence-corrected chi connectivity index (χ1v) is 10.6. The summed E-state index contributed by atoms with van der Waals surface area (Å²) < 4.78 is 0. The molecule has 0 radical (unpaired) electrons. The number of carboxylic acids is 6. The molecule has 16 heteroatoms. The number of aliphatic hydroxyl groups is 2. The van der Waals surface area contributed by atoms with E-state index in [1.165, 1.54) is 5.56 Å². The van der Waals surface area contributed by atoms with Gasteiger partial charge in [0.25, 0.3) is 0 Å². The van der Waals surface area contributed by atoms with Gasteiger partial charge >= 0.3 is 35.8 Å². The fourth-order valence-electron chi connectivity index (χ4n) is 2.87. The topological polar surface area (TPSA) is 289 Å². The third-order valence-electron chi connectivity index (χ3n) is 4.68. The minimum Gasteiger partial charge on any atom is -0.481 e. The lowest BCUT2D eigenvalue weighted by Crippen LogP contribution is -2.42. The van der Waals surface area contributed by atoms with Crippen molar-refractivity contribution in [3.8, 4) is 0 Å². The second-order valence-corrected chi connectivity index (χ2v) is 7.91. The van der Waals surface area contributed by atoms with Crippen LogP contribution < -0.4 is 5.32 Å². The van der Waals surface area contributed by atoms with Crippen LogP contribution in [0.3, 0.4) is 0 Å². The van der Waals surface area contributed by atoms with Gasteiger partial charge in [-0.25, -0.2) is 9.59 Å². The van der Waals surface area contributed by atoms with Crippen molar-refractivity contribution in [2.24, 2.45) is 0 Å². The van der Waals surface area contributed by atoms with E-state index in [0.717, 1.165) is 13.0 Å². The zero-order valence-corrected chi connectivity index (χ0v) is 19.8. The highest BCUT2D eigenvalue weighted by Gasteiger charge is 2.41. The van der Waals surface area contributed by atoms with Crippen LogP contribution in [0.2, 0.25) is 0 Å². The highest BCUT2D eigenvalue weighted by atomic mass is 16.4. The number of pyridine rings is 1. The number of rotatable bonds is 11. The summed E-state index contributed by atoms with van der Waals surface area (Å²) in [5.74, 6) is -10.0. The number of hydrogen-bond acceptors (Lipinski definition) is 10. The molecule has 2 heterocycles. The zero-order valence-electron chi connectivity index (χ0n) is 19.8. The van der Waals surface area contributed by atoms with Crippen molar-refractivity contribution in [2.45, 2.75) is 49.3 Å². The summed E-state index contributed by atoms with van der Waals surface area (Å²) in [6.45, 7) is 0.972. The van der Waals surface area contributed by atoms with Crippen LogP contribution in [0.4, 0.5) is 0 Å². The lowest BCUT2D eigenvalue weighted by Gasteiger charge is -2.19. The highest BCUT2D eigenvalue weighted by molar-refractivity contribution is 5.88. The Kier molecular flexibility index (Phi) is 13.8. The summed E-state index contributed by atoms with van der Waals surface area (Å²) in [7, 11) is 0. The Bertz CT molecular complexity index is 940. The maximum atomic E-state index is 10.3. The largest absolute Gasteiger partial charge is 0.481 e. The van der Waals surface area contributed by atoms with Gasteiger partial charge in [-0.1, -0.05) is 18.2 Å². The molecule has 1 aliphatic heterocycles. The number of aromatic nitrogens is 1. The number of nitrogens with one attached hydrogen (secondary N) is 1. The summed E-state index contributed by atoms with van der Waals surface area (Å²) in [5.41, 5.74) is -4.20. The molecular formula is C22H28N2O14. The average Bonchev–Trinajstić information content (AvgIpc) is 2.79. The molecule has 1 atom stereocenters. The van der Waals surface area contributed by atoms with Crippen molar-refractivity contribution in [2.75, 3.05) is 6.54 Å². The summed E-state index contributed by atoms with van der Waals surface area (Å²) in [4.78, 5) is 65.1. The van der Waals surface area contributed by atoms with E-state index in [0.29, 0.717) is 6.04 Å². The number of carboxylic acid groups (broad SMARTS) is 6. The van der Waals surface area contributed by atoms with E-state index in [4.69, 9.17) is 40.9 Å². The monoisotopic (exact) mass is 544 g/mol. The Labute approximate surface area is 214 Å². The first-order valence-electron chi connectivity index (χ1n) is 10.6. The molecule has 0 saturated carbocycles. The van der Waals surface area contributed by atoms with Crippen LogP contribution in [0.5, 0.6) is 0 Å². The average molecular weight is 544 g/mol. The third kappa shape index (κ3) is 13.1. The van der Waals surface area contributed by atoms with E-state index in [2.05, 4.69) is 28.5 Å². The fourth-order valence-corrected chi connectivity index (χ4v) is 2.87. The van der Waals surface area contributed by atoms with Crippen LogP contribution in [0.1, 0.15) is 43.7 Å². The smallest absolute Gasteiger partial charge is 0.336 e. The first-order chi connectivity index (χ1) is 17.5. The standard InChI is InChI=1S/C10H12N2.2C6H8O7/c1-2-7-12-10(5-1)9-4-3-6-11-8-9;2*7-3(8)1-6(13,5(11)12)2-4(9)10/h1-4,6,8,10,12H,5,7H2;2*13H,1-2H2,(H,7,8)(H,9,10)(H,11,12)/t10-;;/m0../s1. The zero-order chi connectivity index (χ0) is 29.5. The van der Waals surface area contributed by atoms with E-state index in [9.17, 15) is 28.8 Å². The van der Waals surface area contributed by atoms with E-state index < -0.39 is 72.7 Å². The normalized spacial score (nSPS) is 14.5. The highest BCUT2D eigenvalue weighted by Crippen LogP contribution is 2.18. The van der Waals surface area contributed by atoms with Crippen LogP contribution in [0.25, 0.3) is 0 Å². The van der Waals surface area contributed by atoms with E-state index in [1.807, 2.05) is 18.5 Å². The molecule has 0 unspecified atom stereocenters. The summed E-state index contributed by atoms with van der Waals surface area (Å²) in [5, 5.41) is 71.0. The van der Waals surface area contributed by atoms with Gasteiger partial charge in [0.2, 0.25) is 0 Å². The molecule has 0 bridgehead atoms. The van der Waals surface area contributed by atoms with Crippen molar-refractivity contribution in [1.82, 2.24) is 10.3 Å². The van der Waals surface area contributed by atoms with Gasteiger partial charge in [-0.2, -0.15) is 0 Å². The second-order valence-electron chi connectivity index (χ2n) is 7.91. The van der Waals surface area contributed by atoms with Crippen LogP contribution >= 0.6 is 0 Å². The molecule has 0 aromatic carbocycles. The lowest BCUT2D eigenvalue weighted by molar-refractivity contribution is -0.170. The molecule has 0 aliphatic carbocycles. The number of carbonyl (C=O) groups is 6. The minimum absolute atomic E-state index is 0.462. The lowest BCUT2D eigenvalue weighted by atomic mass is 9.96. The molecular weight excluding hydrogens is 516 g/mol. The third-order valence-corrected chi connectivity index (χ3v) is 4.68. The van der Waals surface area contributed by atoms with E-state index >= 15 is 0 Å². The van der Waals surface area contributed by atoms with Crippen LogP contribution in [-0.4, -0.2) is 99.4 Å². The number of nitrogens with zero attached hydrogens (tertiary/aromatic N) is 1. The Morgan fingerprint density at radius 2 is 1.18 bits per heavy atom. The van der Waals surface area contributed by atoms with Gasteiger partial charge in [0, 0.05) is 25.0 Å². The molecule has 1 aliphatic rings. The van der Waals surface area contributed by atoms with Gasteiger partial charge in [0.1, 0.15) is 0 Å². The molecule has 210 valence electrons. The van der Waals surface area contributed by atoms with Crippen molar-refractivity contribution in [3.63, 3.8) is 0 Å². The molecule has 9 N–H and O–H groups in total. The Morgan fingerprint density at radius 3 is 1.45 bits per heavy atom. The van der Waals surface area contributed by atoms with Crippen molar-refractivity contribution < 1.29 is 69.6 Å². The van der Waals surface area contributed by atoms with Gasteiger partial charge in [-0.05, 0) is 18.1 Å². The molecule has 16 nitrogen and oxygen atoms in total.